The van der Waals surface area contributed by atoms with E-state index < -0.39 is 50.2 Å². The van der Waals surface area contributed by atoms with Crippen LogP contribution in [-0.4, -0.2) is 49.4 Å². The van der Waals surface area contributed by atoms with Crippen molar-refractivity contribution in [3.63, 3.8) is 0 Å². The number of carbonyl (C=O) groups excluding carboxylic acids is 1. The second-order valence-electron chi connectivity index (χ2n) is 3.84. The summed E-state index contributed by atoms with van der Waals surface area (Å²) in [6.07, 6.45) is -1.65. The predicted octanol–water partition coefficient (Wildman–Crippen LogP) is -1.92. The van der Waals surface area contributed by atoms with Crippen LogP contribution in [-0.2, 0) is 9.30 Å². The maximum atomic E-state index is 11.7. The summed E-state index contributed by atoms with van der Waals surface area (Å²) in [6.45, 7) is -0.663. The molecule has 0 aliphatic carbocycles. The first-order chi connectivity index (χ1) is 9.23. The first-order valence-corrected chi connectivity index (χ1v) is 7.15. The molecule has 0 spiro atoms. The maximum Gasteiger partial charge on any atom is 0.350 e. The smallest absolute Gasteiger partial charge is 0.350 e. The van der Waals surface area contributed by atoms with Gasteiger partial charge in [0.15, 0.2) is 0 Å². The highest BCUT2D eigenvalue weighted by Gasteiger charge is 2.21. The van der Waals surface area contributed by atoms with Crippen LogP contribution in [0.2, 0.25) is 0 Å². The van der Waals surface area contributed by atoms with Gasteiger partial charge in [-0.25, -0.2) is 9.36 Å². The van der Waals surface area contributed by atoms with Crippen molar-refractivity contribution in [1.29, 1.82) is 0 Å². The van der Waals surface area contributed by atoms with Gasteiger partial charge in [-0.15, -0.1) is 0 Å². The minimum Gasteiger partial charge on any atom is -0.394 e. The number of ether oxygens (including phenoxy) is 1. The molecular formula is C9H13N2O8P. The third kappa shape index (κ3) is 5.19. The number of rotatable bonds is 6. The van der Waals surface area contributed by atoms with Gasteiger partial charge >= 0.3 is 13.3 Å². The second-order valence-corrected chi connectivity index (χ2v) is 5.43. The predicted molar refractivity (Wildman–Crippen MR) is 65.4 cm³/mol. The summed E-state index contributed by atoms with van der Waals surface area (Å²) >= 11 is 0. The van der Waals surface area contributed by atoms with E-state index in [9.17, 15) is 18.9 Å². The number of H-pyrrole nitrogens is 1. The van der Waals surface area contributed by atoms with Crippen molar-refractivity contribution < 1.29 is 29.0 Å². The zero-order chi connectivity index (χ0) is 15.3. The molecule has 1 rings (SSSR count). The lowest BCUT2D eigenvalue weighted by molar-refractivity contribution is 0.0224. The van der Waals surface area contributed by atoms with Crippen molar-refractivity contribution >= 4 is 13.5 Å². The normalized spacial score (nSPS) is 13.2. The second kappa shape index (κ2) is 6.73. The first-order valence-electron chi connectivity index (χ1n) is 5.35. The molecule has 1 aromatic heterocycles. The quantitative estimate of drug-likeness (QED) is 0.442. The van der Waals surface area contributed by atoms with Crippen LogP contribution in [0.3, 0.4) is 0 Å². The Morgan fingerprint density at radius 2 is 2.10 bits per heavy atom. The molecule has 0 aliphatic rings. The van der Waals surface area contributed by atoms with E-state index in [2.05, 4.69) is 0 Å². The molecule has 0 saturated heterocycles. The third-order valence-corrected chi connectivity index (χ3v) is 2.66. The minimum absolute atomic E-state index is 0.484. The van der Waals surface area contributed by atoms with Crippen LogP contribution in [0, 0.1) is 0 Å². The Morgan fingerprint density at radius 3 is 2.60 bits per heavy atom. The van der Waals surface area contributed by atoms with Crippen LogP contribution in [0.4, 0.5) is 0 Å². The summed E-state index contributed by atoms with van der Waals surface area (Å²) in [6, 6.07) is 0.962. The molecule has 0 unspecified atom stereocenters. The number of aliphatic hydroxyl groups excluding tert-OH is 1. The molecule has 4 N–H and O–H groups in total. The molecule has 1 atom stereocenters. The van der Waals surface area contributed by atoms with E-state index in [0.29, 0.717) is 4.57 Å². The maximum absolute atomic E-state index is 11.7. The molecule has 10 nitrogen and oxygen atoms in total. The molecule has 0 fully saturated rings. The van der Waals surface area contributed by atoms with E-state index in [0.717, 1.165) is 12.3 Å². The summed E-state index contributed by atoms with van der Waals surface area (Å²) in [4.78, 5) is 53.0. The largest absolute Gasteiger partial charge is 0.394 e. The van der Waals surface area contributed by atoms with Crippen LogP contribution in [0.5, 0.6) is 0 Å². The molecular weight excluding hydrogens is 295 g/mol. The average Bonchev–Trinajstić information content (AvgIpc) is 2.33. The van der Waals surface area contributed by atoms with Gasteiger partial charge in [-0.1, -0.05) is 0 Å². The van der Waals surface area contributed by atoms with Gasteiger partial charge < -0.3 is 19.6 Å². The number of hydrogen-bond acceptors (Lipinski definition) is 6. The fourth-order valence-corrected chi connectivity index (χ4v) is 1.69. The highest BCUT2D eigenvalue weighted by molar-refractivity contribution is 7.51. The van der Waals surface area contributed by atoms with Crippen molar-refractivity contribution in [1.82, 2.24) is 9.55 Å². The van der Waals surface area contributed by atoms with Crippen LogP contribution in [0.25, 0.3) is 0 Å². The molecule has 0 amide bonds. The molecule has 20 heavy (non-hydrogen) atoms. The molecule has 0 aromatic carbocycles. The number of nitrogens with zero attached hydrogens (tertiary/aromatic N) is 1. The van der Waals surface area contributed by atoms with E-state index in [1.807, 2.05) is 4.98 Å². The van der Waals surface area contributed by atoms with Gasteiger partial charge in [-0.05, 0) is 0 Å². The Kier molecular flexibility index (Phi) is 5.54. The summed E-state index contributed by atoms with van der Waals surface area (Å²) < 4.78 is 15.9. The number of carbonyl (C=O) groups is 1. The van der Waals surface area contributed by atoms with Crippen molar-refractivity contribution in [2.24, 2.45) is 0 Å². The van der Waals surface area contributed by atoms with Crippen LogP contribution in [0.1, 0.15) is 11.2 Å². The first kappa shape index (κ1) is 16.5. The zero-order valence-corrected chi connectivity index (χ0v) is 11.0. The Hall–Kier alpha value is -1.58. The van der Waals surface area contributed by atoms with Gasteiger partial charge in [-0.2, -0.15) is 0 Å². The number of nitrogens with one attached hydrogen (secondary N) is 1. The SMILES string of the molecule is O=C(C[C@H](CO)OCP(=O)(O)O)n1ccc(=O)[nH]c1=O. The standard InChI is InChI=1S/C9H13N2O8P/c12-4-6(19-5-20(16,17)18)3-8(14)11-2-1-7(13)10-9(11)15/h1-2,6,12H,3-5H2,(H,10,13,15)(H2,16,17,18)/t6-/m1/s1. The number of aromatic amines is 1. The van der Waals surface area contributed by atoms with E-state index in [1.165, 1.54) is 0 Å². The molecule has 112 valence electrons. The topological polar surface area (TPSA) is 159 Å². The van der Waals surface area contributed by atoms with Gasteiger partial charge in [0.05, 0.1) is 19.1 Å². The lowest BCUT2D eigenvalue weighted by atomic mass is 10.2. The van der Waals surface area contributed by atoms with Gasteiger partial charge in [0.25, 0.3) is 5.56 Å². The molecule has 1 aromatic rings. The van der Waals surface area contributed by atoms with Gasteiger partial charge in [0.2, 0.25) is 5.91 Å². The van der Waals surface area contributed by atoms with Gasteiger partial charge in [-0.3, -0.25) is 19.1 Å². The van der Waals surface area contributed by atoms with Crippen LogP contribution >= 0.6 is 7.60 Å². The summed E-state index contributed by atoms with van der Waals surface area (Å²) in [7, 11) is -4.42. The summed E-state index contributed by atoms with van der Waals surface area (Å²) in [5, 5.41) is 8.96. The summed E-state index contributed by atoms with van der Waals surface area (Å²) in [5.74, 6) is -0.795. The minimum atomic E-state index is -4.42. The van der Waals surface area contributed by atoms with Gasteiger partial charge in [0, 0.05) is 12.3 Å². The molecule has 1 heterocycles. The lowest BCUT2D eigenvalue weighted by Crippen LogP contribution is -2.35. The number of aromatic nitrogens is 2. The Morgan fingerprint density at radius 1 is 1.45 bits per heavy atom. The van der Waals surface area contributed by atoms with Crippen LogP contribution in [0.15, 0.2) is 21.9 Å². The molecule has 0 saturated carbocycles. The van der Waals surface area contributed by atoms with E-state index in [-0.39, 0.29) is 0 Å². The van der Waals surface area contributed by atoms with Crippen molar-refractivity contribution in [3.8, 4) is 0 Å². The fourth-order valence-electron chi connectivity index (χ4n) is 1.29. The van der Waals surface area contributed by atoms with Crippen LogP contribution < -0.4 is 11.2 Å². The van der Waals surface area contributed by atoms with Gasteiger partial charge in [0.1, 0.15) is 6.35 Å². The lowest BCUT2D eigenvalue weighted by Gasteiger charge is -2.15. The fraction of sp³-hybridized carbons (Fsp3) is 0.444. The van der Waals surface area contributed by atoms with E-state index in [1.54, 1.807) is 0 Å². The number of hydrogen-bond donors (Lipinski definition) is 4. The van der Waals surface area contributed by atoms with Crippen molar-refractivity contribution in [3.05, 3.63) is 33.1 Å². The number of aliphatic hydroxyl groups is 1. The average molecular weight is 308 g/mol. The Balaban J connectivity index is 2.74. The van der Waals surface area contributed by atoms with E-state index >= 15 is 0 Å². The molecule has 0 aliphatic heterocycles. The Labute approximate surface area is 111 Å². The zero-order valence-electron chi connectivity index (χ0n) is 10.1. The molecule has 0 bridgehead atoms. The summed E-state index contributed by atoms with van der Waals surface area (Å²) in [5.41, 5.74) is -1.62. The molecule has 11 heteroatoms. The van der Waals surface area contributed by atoms with E-state index in [4.69, 9.17) is 19.6 Å². The molecule has 0 radical (unpaired) electrons. The third-order valence-electron chi connectivity index (χ3n) is 2.18. The Bertz CT molecular complexity index is 629. The highest BCUT2D eigenvalue weighted by atomic mass is 31.2. The monoisotopic (exact) mass is 308 g/mol. The highest BCUT2D eigenvalue weighted by Crippen LogP contribution is 2.34. The van der Waals surface area contributed by atoms with Crippen molar-refractivity contribution in [2.45, 2.75) is 12.5 Å². The van der Waals surface area contributed by atoms with Crippen molar-refractivity contribution in [2.75, 3.05) is 13.0 Å².